The van der Waals surface area contributed by atoms with E-state index < -0.39 is 17.0 Å². The number of hydrogen-bond acceptors (Lipinski definition) is 6. The summed E-state index contributed by atoms with van der Waals surface area (Å²) in [6.07, 6.45) is 3.65. The molecule has 1 saturated carbocycles. The topological polar surface area (TPSA) is 126 Å². The molecule has 2 rings (SSSR count). The van der Waals surface area contributed by atoms with Crippen LogP contribution in [0.1, 0.15) is 36.0 Å². The lowest BCUT2D eigenvalue weighted by molar-refractivity contribution is -0.385. The van der Waals surface area contributed by atoms with Gasteiger partial charge in [-0.1, -0.05) is 12.8 Å². The highest BCUT2D eigenvalue weighted by atomic mass is 16.6. The van der Waals surface area contributed by atoms with Crippen LogP contribution >= 0.6 is 0 Å². The zero-order valence-corrected chi connectivity index (χ0v) is 10.7. The third-order valence-corrected chi connectivity index (χ3v) is 3.37. The van der Waals surface area contributed by atoms with E-state index in [1.165, 1.54) is 0 Å². The summed E-state index contributed by atoms with van der Waals surface area (Å²) in [6.45, 7) is 0. The van der Waals surface area contributed by atoms with Gasteiger partial charge in [-0.3, -0.25) is 10.1 Å². The second-order valence-electron chi connectivity index (χ2n) is 4.75. The molecular weight excluding hydrogens is 266 g/mol. The summed E-state index contributed by atoms with van der Waals surface area (Å²) in [5, 5.41) is 32.5. The molecule has 2 atom stereocenters. The van der Waals surface area contributed by atoms with E-state index in [0.29, 0.717) is 12.8 Å². The van der Waals surface area contributed by atoms with Crippen LogP contribution in [-0.2, 0) is 0 Å². The number of anilines is 1. The van der Waals surface area contributed by atoms with Crippen LogP contribution in [0.2, 0.25) is 0 Å². The lowest BCUT2D eigenvalue weighted by atomic mass is 9.92. The maximum Gasteiger partial charge on any atom is 0.339 e. The minimum atomic E-state index is -1.30. The lowest BCUT2D eigenvalue weighted by Crippen LogP contribution is -2.37. The van der Waals surface area contributed by atoms with Crippen LogP contribution in [0.5, 0.6) is 0 Å². The molecule has 8 heteroatoms. The number of aliphatic hydroxyl groups excluding tert-OH is 1. The Morgan fingerprint density at radius 1 is 1.45 bits per heavy atom. The van der Waals surface area contributed by atoms with Gasteiger partial charge in [0.05, 0.1) is 17.1 Å². The van der Waals surface area contributed by atoms with Crippen molar-refractivity contribution in [1.82, 2.24) is 4.98 Å². The number of rotatable bonds is 4. The fourth-order valence-electron chi connectivity index (χ4n) is 2.29. The van der Waals surface area contributed by atoms with E-state index in [4.69, 9.17) is 5.11 Å². The molecule has 1 aliphatic carbocycles. The van der Waals surface area contributed by atoms with Crippen molar-refractivity contribution in [1.29, 1.82) is 0 Å². The van der Waals surface area contributed by atoms with E-state index in [1.54, 1.807) is 0 Å². The van der Waals surface area contributed by atoms with Crippen molar-refractivity contribution >= 4 is 17.5 Å². The number of carboxylic acid groups (broad SMARTS) is 1. The number of nitrogens with one attached hydrogen (secondary N) is 1. The molecular formula is C12H15N3O5. The Labute approximate surface area is 114 Å². The Bertz CT molecular complexity index is 534. The van der Waals surface area contributed by atoms with Crippen LogP contribution in [-0.4, -0.2) is 38.2 Å². The molecule has 0 bridgehead atoms. The predicted molar refractivity (Wildman–Crippen MR) is 69.7 cm³/mol. The number of hydrogen-bond donors (Lipinski definition) is 3. The summed E-state index contributed by atoms with van der Waals surface area (Å²) < 4.78 is 0. The zero-order valence-electron chi connectivity index (χ0n) is 10.7. The van der Waals surface area contributed by atoms with Crippen LogP contribution < -0.4 is 5.32 Å². The normalized spacial score (nSPS) is 22.2. The first-order valence-electron chi connectivity index (χ1n) is 6.31. The average Bonchev–Trinajstić information content (AvgIpc) is 2.41. The van der Waals surface area contributed by atoms with Crippen LogP contribution in [0.3, 0.4) is 0 Å². The first kappa shape index (κ1) is 14.2. The number of aliphatic hydroxyl groups is 1. The van der Waals surface area contributed by atoms with E-state index in [-0.39, 0.29) is 23.1 Å². The number of carboxylic acids is 1. The zero-order chi connectivity index (χ0) is 14.7. The number of pyridine rings is 1. The highest BCUT2D eigenvalue weighted by Crippen LogP contribution is 2.25. The first-order valence-corrected chi connectivity index (χ1v) is 6.31. The molecule has 1 aromatic rings. The molecule has 1 aliphatic rings. The molecule has 1 aromatic heterocycles. The second kappa shape index (κ2) is 5.83. The van der Waals surface area contributed by atoms with Crippen molar-refractivity contribution in [2.24, 2.45) is 0 Å². The van der Waals surface area contributed by atoms with Gasteiger partial charge in [0.1, 0.15) is 17.6 Å². The van der Waals surface area contributed by atoms with Crippen molar-refractivity contribution in [3.8, 4) is 0 Å². The quantitative estimate of drug-likeness (QED) is 0.562. The molecule has 0 saturated heterocycles. The van der Waals surface area contributed by atoms with Crippen molar-refractivity contribution in [3.05, 3.63) is 27.9 Å². The van der Waals surface area contributed by atoms with Gasteiger partial charge in [0.25, 0.3) is 5.69 Å². The Balaban J connectivity index is 2.26. The summed E-state index contributed by atoms with van der Waals surface area (Å²) in [5.74, 6) is -1.25. The van der Waals surface area contributed by atoms with Gasteiger partial charge < -0.3 is 15.5 Å². The second-order valence-corrected chi connectivity index (χ2v) is 4.75. The van der Waals surface area contributed by atoms with Crippen molar-refractivity contribution in [2.75, 3.05) is 5.32 Å². The summed E-state index contributed by atoms with van der Waals surface area (Å²) >= 11 is 0. The number of carbonyl (C=O) groups is 1. The van der Waals surface area contributed by atoms with Crippen LogP contribution in [0.15, 0.2) is 12.3 Å². The Morgan fingerprint density at radius 2 is 2.15 bits per heavy atom. The molecule has 1 fully saturated rings. The largest absolute Gasteiger partial charge is 0.478 e. The lowest BCUT2D eigenvalue weighted by Gasteiger charge is -2.29. The van der Waals surface area contributed by atoms with E-state index in [9.17, 15) is 20.0 Å². The van der Waals surface area contributed by atoms with Crippen molar-refractivity contribution in [3.63, 3.8) is 0 Å². The molecule has 0 amide bonds. The number of aromatic nitrogens is 1. The van der Waals surface area contributed by atoms with Crippen molar-refractivity contribution in [2.45, 2.75) is 37.8 Å². The predicted octanol–water partition coefficient (Wildman–Crippen LogP) is 1.40. The first-order chi connectivity index (χ1) is 9.49. The molecule has 2 unspecified atom stereocenters. The van der Waals surface area contributed by atoms with E-state index >= 15 is 0 Å². The Hall–Kier alpha value is -2.22. The number of nitrogens with zero attached hydrogens (tertiary/aromatic N) is 2. The van der Waals surface area contributed by atoms with Crippen LogP contribution in [0, 0.1) is 10.1 Å². The minimum absolute atomic E-state index is 0.0500. The van der Waals surface area contributed by atoms with Crippen molar-refractivity contribution < 1.29 is 19.9 Å². The maximum absolute atomic E-state index is 11.2. The van der Waals surface area contributed by atoms with Crippen LogP contribution in [0.4, 0.5) is 11.5 Å². The Morgan fingerprint density at radius 3 is 2.75 bits per heavy atom. The van der Waals surface area contributed by atoms with Gasteiger partial charge in [0.2, 0.25) is 0 Å². The molecule has 108 valence electrons. The minimum Gasteiger partial charge on any atom is -0.478 e. The fourth-order valence-corrected chi connectivity index (χ4v) is 2.29. The summed E-state index contributed by atoms with van der Waals surface area (Å²) in [4.78, 5) is 24.9. The summed E-state index contributed by atoms with van der Waals surface area (Å²) in [6, 6.07) is 0.683. The SMILES string of the molecule is O=C(O)c1cc([N+](=O)[O-])cnc1NC1CCCCC1O. The fraction of sp³-hybridized carbons (Fsp3) is 0.500. The molecule has 1 heterocycles. The third-order valence-electron chi connectivity index (χ3n) is 3.37. The maximum atomic E-state index is 11.2. The van der Waals surface area contributed by atoms with Gasteiger partial charge in [0, 0.05) is 6.07 Å². The van der Waals surface area contributed by atoms with Crippen LogP contribution in [0.25, 0.3) is 0 Å². The standard InChI is InChI=1S/C12H15N3O5/c16-10-4-2-1-3-9(10)14-11-8(12(17)18)5-7(6-13-11)15(19)20/h5-6,9-10,16H,1-4H2,(H,13,14)(H,17,18). The molecule has 0 radical (unpaired) electrons. The number of aromatic carboxylic acids is 1. The van der Waals surface area contributed by atoms with Gasteiger partial charge in [0.15, 0.2) is 0 Å². The molecule has 8 nitrogen and oxygen atoms in total. The van der Waals surface area contributed by atoms with E-state index in [0.717, 1.165) is 25.1 Å². The van der Waals surface area contributed by atoms with Gasteiger partial charge in [-0.2, -0.15) is 0 Å². The third kappa shape index (κ3) is 3.02. The van der Waals surface area contributed by atoms with Gasteiger partial charge in [-0.05, 0) is 12.8 Å². The summed E-state index contributed by atoms with van der Waals surface area (Å²) in [5.41, 5.74) is -0.644. The van der Waals surface area contributed by atoms with Gasteiger partial charge in [-0.15, -0.1) is 0 Å². The molecule has 0 aromatic carbocycles. The molecule has 20 heavy (non-hydrogen) atoms. The highest BCUT2D eigenvalue weighted by Gasteiger charge is 2.26. The van der Waals surface area contributed by atoms with Gasteiger partial charge in [-0.25, -0.2) is 9.78 Å². The number of nitro groups is 1. The van der Waals surface area contributed by atoms with Gasteiger partial charge >= 0.3 is 5.97 Å². The van der Waals surface area contributed by atoms with E-state index in [2.05, 4.69) is 10.3 Å². The summed E-state index contributed by atoms with van der Waals surface area (Å²) in [7, 11) is 0. The highest BCUT2D eigenvalue weighted by molar-refractivity contribution is 5.93. The Kier molecular flexibility index (Phi) is 4.14. The van der Waals surface area contributed by atoms with E-state index in [1.807, 2.05) is 0 Å². The molecule has 0 spiro atoms. The smallest absolute Gasteiger partial charge is 0.339 e. The molecule has 0 aliphatic heterocycles. The average molecular weight is 281 g/mol. The monoisotopic (exact) mass is 281 g/mol. The molecule has 3 N–H and O–H groups in total.